The first-order valence-electron chi connectivity index (χ1n) is 23.7. The number of benzene rings is 1. The first-order valence-corrected chi connectivity index (χ1v) is 26.4. The number of esters is 1. The number of carbonyl (C=O) groups is 7. The fraction of sp³-hybridized carbons (Fsp3) is 0.660. The van der Waals surface area contributed by atoms with Gasteiger partial charge in [-0.25, -0.2) is 9.59 Å². The molecule has 0 saturated carbocycles. The number of anilines is 1. The summed E-state index contributed by atoms with van der Waals surface area (Å²) in [6, 6.07) is 2.76. The van der Waals surface area contributed by atoms with Crippen LogP contribution >= 0.6 is 33.2 Å². The van der Waals surface area contributed by atoms with Crippen LogP contribution in [0.25, 0.3) is 0 Å². The maximum atomic E-state index is 14.3. The smallest absolute Gasteiger partial charge is 0.409 e. The third-order valence-corrected chi connectivity index (χ3v) is 17.7. The Morgan fingerprint density at radius 3 is 2.43 bits per heavy atom. The minimum Gasteiger partial charge on any atom is -0.457 e. The Kier molecular flexibility index (Phi) is 19.1. The van der Waals surface area contributed by atoms with Gasteiger partial charge in [-0.15, -0.1) is 0 Å². The quantitative estimate of drug-likeness (QED) is 0.0518. The van der Waals surface area contributed by atoms with Crippen LogP contribution in [0.5, 0.6) is 0 Å². The van der Waals surface area contributed by atoms with Crippen molar-refractivity contribution in [2.75, 3.05) is 38.4 Å². The van der Waals surface area contributed by atoms with Crippen molar-refractivity contribution in [3.8, 4) is 0 Å². The van der Waals surface area contributed by atoms with Gasteiger partial charge in [0.25, 0.3) is 0 Å². The molecule has 4 bridgehead atoms. The molecule has 2 N–H and O–H groups in total. The molecule has 1 aromatic rings. The van der Waals surface area contributed by atoms with E-state index in [-0.39, 0.29) is 66.4 Å². The second-order valence-corrected chi connectivity index (χ2v) is 23.4. The average molecular weight is 1020 g/mol. The lowest BCUT2D eigenvalue weighted by Gasteiger charge is -2.42. The van der Waals surface area contributed by atoms with Gasteiger partial charge in [0.1, 0.15) is 35.7 Å². The van der Waals surface area contributed by atoms with Crippen molar-refractivity contribution in [1.29, 1.82) is 0 Å². The third kappa shape index (κ3) is 14.1. The van der Waals surface area contributed by atoms with Crippen molar-refractivity contribution in [1.82, 2.24) is 15.1 Å². The highest BCUT2D eigenvalue weighted by Gasteiger charge is 2.64. The number of nitrogens with zero attached hydrogens (tertiary/aromatic N) is 3. The van der Waals surface area contributed by atoms with E-state index in [9.17, 15) is 38.7 Å². The first kappa shape index (κ1) is 56.0. The van der Waals surface area contributed by atoms with Crippen LogP contribution < -0.4 is 10.2 Å². The zero-order valence-electron chi connectivity index (χ0n) is 41.9. The molecule has 19 heteroatoms. The molecule has 0 aliphatic carbocycles. The molecule has 16 nitrogen and oxygen atoms in total. The number of likely N-dealkylation sites (N-methyl/N-ethyl adjacent to an activating group) is 1. The van der Waals surface area contributed by atoms with Crippen LogP contribution in [0.2, 0.25) is 5.02 Å². The molecule has 1 unspecified atom stereocenters. The van der Waals surface area contributed by atoms with Crippen LogP contribution in [0.1, 0.15) is 117 Å². The van der Waals surface area contributed by atoms with Crippen LogP contribution in [0, 0.1) is 18.8 Å². The van der Waals surface area contributed by atoms with Crippen molar-refractivity contribution < 1.29 is 57.6 Å². The molecule has 69 heavy (non-hydrogen) atoms. The van der Waals surface area contributed by atoms with E-state index in [0.717, 1.165) is 22.5 Å². The molecule has 5 amide bonds. The molecule has 3 fully saturated rings. The van der Waals surface area contributed by atoms with E-state index in [4.69, 9.17) is 30.5 Å². The number of epoxide rings is 1. The number of ketones is 1. The maximum Gasteiger partial charge on any atom is 0.409 e. The highest BCUT2D eigenvalue weighted by Crippen LogP contribution is 2.49. The maximum absolute atomic E-state index is 14.3. The van der Waals surface area contributed by atoms with E-state index in [0.29, 0.717) is 49.2 Å². The molecule has 9 atom stereocenters. The number of ether oxygens (including phenoxy) is 4. The summed E-state index contributed by atoms with van der Waals surface area (Å²) in [4.78, 5) is 95.6. The van der Waals surface area contributed by atoms with Crippen LogP contribution in [0.4, 0.5) is 10.5 Å². The zero-order chi connectivity index (χ0) is 51.2. The number of carbonyl (C=O) groups excluding carboxylic acids is 7. The lowest BCUT2D eigenvalue weighted by atomic mass is 9.83. The van der Waals surface area contributed by atoms with E-state index < -0.39 is 65.7 Å². The number of nitrogens with one attached hydrogen (secondary N) is 1. The first-order chi connectivity index (χ1) is 32.3. The minimum absolute atomic E-state index is 0.0637. The van der Waals surface area contributed by atoms with E-state index in [1.807, 2.05) is 45.9 Å². The lowest BCUT2D eigenvalue weighted by Crippen LogP contribution is -2.63. The summed E-state index contributed by atoms with van der Waals surface area (Å²) in [5.74, 6) is -1.78. The van der Waals surface area contributed by atoms with Crippen molar-refractivity contribution in [2.24, 2.45) is 11.8 Å². The minimum atomic E-state index is -1.84. The van der Waals surface area contributed by atoms with Gasteiger partial charge in [0.15, 0.2) is 5.72 Å². The Morgan fingerprint density at radius 1 is 1.07 bits per heavy atom. The predicted molar refractivity (Wildman–Crippen MR) is 266 cm³/mol. The summed E-state index contributed by atoms with van der Waals surface area (Å²) in [5, 5.41) is 14.8. The van der Waals surface area contributed by atoms with Gasteiger partial charge in [-0.3, -0.25) is 34.2 Å². The van der Waals surface area contributed by atoms with E-state index in [1.165, 1.54) is 28.9 Å². The summed E-state index contributed by atoms with van der Waals surface area (Å²) in [6.07, 6.45) is 3.71. The van der Waals surface area contributed by atoms with Crippen molar-refractivity contribution in [3.05, 3.63) is 52.1 Å². The second-order valence-electron chi connectivity index (χ2n) is 19.9. The molecule has 382 valence electrons. The lowest BCUT2D eigenvalue weighted by molar-refractivity contribution is -0.162. The number of aliphatic hydroxyl groups is 1. The van der Waals surface area contributed by atoms with Crippen LogP contribution in [0.3, 0.4) is 0 Å². The summed E-state index contributed by atoms with van der Waals surface area (Å²) in [5.41, 5.74) is 0.0143. The number of rotatable bonds is 17. The Labute approximate surface area is 419 Å². The van der Waals surface area contributed by atoms with Crippen molar-refractivity contribution >= 4 is 80.4 Å². The van der Waals surface area contributed by atoms with Gasteiger partial charge in [0.05, 0.1) is 23.2 Å². The number of imide groups is 1. The summed E-state index contributed by atoms with van der Waals surface area (Å²) >= 11 is 6.83. The monoisotopic (exact) mass is 1020 g/mol. The predicted octanol–water partition coefficient (Wildman–Crippen LogP) is 7.28. The standard InChI is InChI=1S/C50H71ClN4O12S2/c1-29-15-12-18-38(64-11)50(63)28-37(65-47(62)52-50)32(4)44-49(8,67-44)39(27-41(58)54(10)36-26-34(23-29)24-30(2)43(36)51)66-46(61)33(5)53(9)40(57)19-20-48(6,7)69-68-22-14-17-35(56)16-13-21-55-42(59)25-31(3)45(55)60/h12,15,18,24,26,31-33,37-39,44,63H,13-14,16-17,19-23,25,27-28H2,1-11H3,(H,52,62)/b18-12+,29-15+/t31?,32-,33+,37+,38-,39+,44+,49+,50+/m1/s1. The number of alkyl carbamates (subject to hydrolysis) is 1. The molecule has 1 aromatic carbocycles. The number of aryl methyl sites for hydroxylation is 1. The number of likely N-dealkylation sites (tertiary alicyclic amines) is 1. The number of hydrogen-bond donors (Lipinski definition) is 2. The topological polar surface area (TPSA) is 202 Å². The molecule has 3 saturated heterocycles. The SMILES string of the molecule is CO[C@@H]1/C=C/C=C(\C)Cc2cc(C)c(Cl)c(c2)N(C)C(=O)C[C@H](OC(=O)[C@H](C)N(C)C(=O)CCC(C)(C)SSCCCC(=O)CCCN2C(=O)CC(C)C2=O)[C@]2(C)O[C@H]2[C@H](C)[C@@H]2C[C@@]1(O)NC(=O)O2. The van der Waals surface area contributed by atoms with Gasteiger partial charge in [-0.05, 0) is 84.4 Å². The van der Waals surface area contributed by atoms with Crippen LogP contribution in [0.15, 0.2) is 35.9 Å². The highest BCUT2D eigenvalue weighted by atomic mass is 35.5. The summed E-state index contributed by atoms with van der Waals surface area (Å²) in [6.45, 7) is 15.0. The van der Waals surface area contributed by atoms with Gasteiger partial charge >= 0.3 is 12.1 Å². The molecule has 4 aliphatic rings. The second kappa shape index (κ2) is 23.5. The normalized spacial score (nSPS) is 29.3. The van der Waals surface area contributed by atoms with Gasteiger partial charge in [-0.1, -0.05) is 76.9 Å². The van der Waals surface area contributed by atoms with Gasteiger partial charge in [0, 0.05) is 82.2 Å². The summed E-state index contributed by atoms with van der Waals surface area (Å²) in [7, 11) is 7.84. The number of Topliss-reactive ketones (excluding diaryl/α,β-unsaturated/α-hetero) is 1. The Balaban J connectivity index is 1.22. The molecule has 0 spiro atoms. The van der Waals surface area contributed by atoms with Crippen molar-refractivity contribution in [3.63, 3.8) is 0 Å². The van der Waals surface area contributed by atoms with E-state index in [2.05, 4.69) is 5.32 Å². The molecule has 0 aromatic heterocycles. The Hall–Kier alpha value is -3.94. The Bertz CT molecular complexity index is 2190. The number of hydrogen-bond acceptors (Lipinski definition) is 14. The number of amides is 5. The third-order valence-electron chi connectivity index (χ3n) is 13.7. The van der Waals surface area contributed by atoms with Crippen LogP contribution in [-0.2, 0) is 54.1 Å². The highest BCUT2D eigenvalue weighted by molar-refractivity contribution is 8.77. The number of halogens is 1. The average Bonchev–Trinajstić information content (AvgIpc) is 3.92. The Morgan fingerprint density at radius 2 is 1.77 bits per heavy atom. The van der Waals surface area contributed by atoms with Gasteiger partial charge in [0.2, 0.25) is 23.6 Å². The molecular formula is C50H71ClN4O12S2. The molecule has 0 radical (unpaired) electrons. The van der Waals surface area contributed by atoms with Gasteiger partial charge in [-0.2, -0.15) is 0 Å². The number of fused-ring (bicyclic) bond motifs is 5. The fourth-order valence-corrected chi connectivity index (χ4v) is 11.9. The number of methoxy groups -OCH3 is 1. The van der Waals surface area contributed by atoms with Crippen molar-refractivity contribution in [2.45, 2.75) is 166 Å². The molecular weight excluding hydrogens is 948 g/mol. The molecule has 4 aliphatic heterocycles. The largest absolute Gasteiger partial charge is 0.457 e. The fourth-order valence-electron chi connectivity index (χ4n) is 9.05. The van der Waals surface area contributed by atoms with Crippen LogP contribution in [-0.4, -0.2) is 136 Å². The number of allylic oxidation sites excluding steroid dienone is 3. The molecule has 4 heterocycles. The molecule has 5 rings (SSSR count). The zero-order valence-corrected chi connectivity index (χ0v) is 44.3. The van der Waals surface area contributed by atoms with E-state index in [1.54, 1.807) is 68.5 Å². The van der Waals surface area contributed by atoms with Gasteiger partial charge < -0.3 is 33.9 Å². The summed E-state index contributed by atoms with van der Waals surface area (Å²) < 4.78 is 23.6. The van der Waals surface area contributed by atoms with E-state index >= 15 is 0 Å².